The lowest BCUT2D eigenvalue weighted by atomic mass is 9.86. The monoisotopic (exact) mass is 437 g/mol. The highest BCUT2D eigenvalue weighted by atomic mass is 79.9. The fraction of sp³-hybridized carbons (Fsp3) is 0.188. The summed E-state index contributed by atoms with van der Waals surface area (Å²) in [4.78, 5) is 4.94. The Morgan fingerprint density at radius 2 is 1.75 bits per heavy atom. The molecule has 0 amide bonds. The van der Waals surface area contributed by atoms with E-state index < -0.39 is 18.2 Å². The van der Waals surface area contributed by atoms with Gasteiger partial charge >= 0.3 is 6.18 Å². The highest BCUT2D eigenvalue weighted by Crippen LogP contribution is 2.49. The number of oxime groups is 1. The van der Waals surface area contributed by atoms with Gasteiger partial charge in [-0.15, -0.1) is 0 Å². The molecule has 1 aliphatic rings. The third-order valence-electron chi connectivity index (χ3n) is 3.67. The number of benzene rings is 2. The van der Waals surface area contributed by atoms with Gasteiger partial charge in [-0.25, -0.2) is 0 Å². The standard InChI is InChI=1S/C16H9BrCl2F3NO/c17-11-3-1-2-9(4-11)14-8-15(24-23-14,16(20,21)22)10-5-12(18)7-13(19)6-10/h1-7H,8H2. The Hall–Kier alpha value is -1.24. The van der Waals surface area contributed by atoms with Crippen LogP contribution >= 0.6 is 39.1 Å². The summed E-state index contributed by atoms with van der Waals surface area (Å²) in [6.45, 7) is 0. The lowest BCUT2D eigenvalue weighted by Crippen LogP contribution is -2.42. The number of rotatable bonds is 2. The third-order valence-corrected chi connectivity index (χ3v) is 4.60. The van der Waals surface area contributed by atoms with Gasteiger partial charge in [0.15, 0.2) is 0 Å². The van der Waals surface area contributed by atoms with Gasteiger partial charge in [0.1, 0.15) is 0 Å². The molecule has 0 bridgehead atoms. The normalized spacial score (nSPS) is 20.7. The lowest BCUT2D eigenvalue weighted by Gasteiger charge is -2.29. The average molecular weight is 439 g/mol. The fourth-order valence-corrected chi connectivity index (χ4v) is 3.44. The van der Waals surface area contributed by atoms with E-state index in [0.29, 0.717) is 5.56 Å². The average Bonchev–Trinajstić information content (AvgIpc) is 2.92. The fourth-order valence-electron chi connectivity index (χ4n) is 2.51. The van der Waals surface area contributed by atoms with Crippen LogP contribution in [0.2, 0.25) is 10.0 Å². The Labute approximate surface area is 154 Å². The summed E-state index contributed by atoms with van der Waals surface area (Å²) in [7, 11) is 0. The molecule has 0 spiro atoms. The van der Waals surface area contributed by atoms with E-state index in [1.165, 1.54) is 18.2 Å². The summed E-state index contributed by atoms with van der Waals surface area (Å²) in [5.41, 5.74) is -2.05. The van der Waals surface area contributed by atoms with Crippen molar-refractivity contribution in [3.05, 3.63) is 68.1 Å². The molecular formula is C16H9BrCl2F3NO. The summed E-state index contributed by atoms with van der Waals surface area (Å²) in [6.07, 6.45) is -5.16. The van der Waals surface area contributed by atoms with Gasteiger partial charge in [0.05, 0.1) is 5.71 Å². The smallest absolute Gasteiger partial charge is 0.374 e. The van der Waals surface area contributed by atoms with Gasteiger partial charge < -0.3 is 4.84 Å². The van der Waals surface area contributed by atoms with Crippen molar-refractivity contribution in [1.29, 1.82) is 0 Å². The van der Waals surface area contributed by atoms with E-state index in [-0.39, 0.29) is 21.3 Å². The molecule has 2 aromatic rings. The van der Waals surface area contributed by atoms with Gasteiger partial charge in [0.2, 0.25) is 0 Å². The van der Waals surface area contributed by atoms with Crippen molar-refractivity contribution in [2.45, 2.75) is 18.2 Å². The van der Waals surface area contributed by atoms with Crippen molar-refractivity contribution >= 4 is 44.8 Å². The first-order chi connectivity index (χ1) is 11.2. The predicted octanol–water partition coefficient (Wildman–Crippen LogP) is 6.34. The van der Waals surface area contributed by atoms with Crippen LogP contribution in [0.15, 0.2) is 52.1 Å². The van der Waals surface area contributed by atoms with Crippen LogP contribution in [-0.4, -0.2) is 11.9 Å². The van der Waals surface area contributed by atoms with Crippen molar-refractivity contribution in [2.24, 2.45) is 5.16 Å². The highest BCUT2D eigenvalue weighted by molar-refractivity contribution is 9.10. The van der Waals surface area contributed by atoms with Crippen molar-refractivity contribution in [2.75, 3.05) is 0 Å². The first-order valence-electron chi connectivity index (χ1n) is 6.75. The first kappa shape index (κ1) is 17.6. The van der Waals surface area contributed by atoms with Crippen LogP contribution in [0.1, 0.15) is 17.5 Å². The van der Waals surface area contributed by atoms with Crippen LogP contribution in [0.25, 0.3) is 0 Å². The van der Waals surface area contributed by atoms with Gasteiger partial charge in [-0.3, -0.25) is 0 Å². The van der Waals surface area contributed by atoms with Crippen LogP contribution < -0.4 is 0 Å². The molecule has 2 nitrogen and oxygen atoms in total. The lowest BCUT2D eigenvalue weighted by molar-refractivity contribution is -0.275. The molecule has 1 atom stereocenters. The van der Waals surface area contributed by atoms with E-state index in [4.69, 9.17) is 28.0 Å². The number of nitrogens with zero attached hydrogens (tertiary/aromatic N) is 1. The zero-order valence-corrected chi connectivity index (χ0v) is 15.0. The molecule has 24 heavy (non-hydrogen) atoms. The minimum atomic E-state index is -4.70. The Morgan fingerprint density at radius 3 is 2.33 bits per heavy atom. The zero-order valence-electron chi connectivity index (χ0n) is 11.9. The molecule has 0 aliphatic carbocycles. The highest BCUT2D eigenvalue weighted by Gasteiger charge is 2.62. The van der Waals surface area contributed by atoms with Crippen molar-refractivity contribution in [3.63, 3.8) is 0 Å². The minimum Gasteiger partial charge on any atom is -0.374 e. The van der Waals surface area contributed by atoms with E-state index in [1.807, 2.05) is 0 Å². The molecule has 0 N–H and O–H groups in total. The molecular weight excluding hydrogens is 430 g/mol. The molecule has 2 aromatic carbocycles. The summed E-state index contributed by atoms with van der Waals surface area (Å²) in [6, 6.07) is 10.6. The molecule has 0 aromatic heterocycles. The Kier molecular flexibility index (Phi) is 4.57. The Balaban J connectivity index is 2.05. The molecule has 3 rings (SSSR count). The van der Waals surface area contributed by atoms with E-state index >= 15 is 0 Å². The molecule has 0 fully saturated rings. The van der Waals surface area contributed by atoms with E-state index in [9.17, 15) is 13.2 Å². The largest absolute Gasteiger partial charge is 0.435 e. The number of halogens is 6. The summed E-state index contributed by atoms with van der Waals surface area (Å²) < 4.78 is 42.3. The molecule has 0 saturated carbocycles. The van der Waals surface area contributed by atoms with E-state index in [0.717, 1.165) is 4.47 Å². The Morgan fingerprint density at radius 1 is 1.08 bits per heavy atom. The van der Waals surface area contributed by atoms with Crippen LogP contribution in [0.4, 0.5) is 13.2 Å². The molecule has 1 unspecified atom stereocenters. The van der Waals surface area contributed by atoms with Crippen LogP contribution in [0.3, 0.4) is 0 Å². The van der Waals surface area contributed by atoms with Gasteiger partial charge in [0.25, 0.3) is 5.60 Å². The maximum Gasteiger partial charge on any atom is 0.435 e. The maximum atomic E-state index is 13.8. The molecule has 0 saturated heterocycles. The second kappa shape index (κ2) is 6.24. The first-order valence-corrected chi connectivity index (χ1v) is 8.30. The van der Waals surface area contributed by atoms with Crippen LogP contribution in [-0.2, 0) is 10.4 Å². The van der Waals surface area contributed by atoms with Crippen molar-refractivity contribution in [3.8, 4) is 0 Å². The maximum absolute atomic E-state index is 13.8. The summed E-state index contributed by atoms with van der Waals surface area (Å²) in [5, 5.41) is 3.89. The number of hydrogen-bond donors (Lipinski definition) is 0. The molecule has 8 heteroatoms. The predicted molar refractivity (Wildman–Crippen MR) is 90.6 cm³/mol. The minimum absolute atomic E-state index is 0.0978. The second-order valence-corrected chi connectivity index (χ2v) is 7.09. The third kappa shape index (κ3) is 3.15. The van der Waals surface area contributed by atoms with Gasteiger partial charge in [0, 0.05) is 32.1 Å². The van der Waals surface area contributed by atoms with E-state index in [1.54, 1.807) is 24.3 Å². The Bertz CT molecular complexity index is 805. The number of alkyl halides is 3. The quantitative estimate of drug-likeness (QED) is 0.536. The van der Waals surface area contributed by atoms with Crippen molar-refractivity contribution < 1.29 is 18.0 Å². The zero-order chi connectivity index (χ0) is 17.5. The van der Waals surface area contributed by atoms with Crippen LogP contribution in [0, 0.1) is 0 Å². The van der Waals surface area contributed by atoms with E-state index in [2.05, 4.69) is 21.1 Å². The van der Waals surface area contributed by atoms with Gasteiger partial charge in [-0.05, 0) is 30.3 Å². The van der Waals surface area contributed by atoms with Gasteiger partial charge in [-0.1, -0.05) is 56.4 Å². The van der Waals surface area contributed by atoms with Crippen molar-refractivity contribution in [1.82, 2.24) is 0 Å². The van der Waals surface area contributed by atoms with Gasteiger partial charge in [-0.2, -0.15) is 13.2 Å². The molecule has 1 heterocycles. The number of hydrogen-bond acceptors (Lipinski definition) is 2. The topological polar surface area (TPSA) is 21.6 Å². The van der Waals surface area contributed by atoms with Crippen LogP contribution in [0.5, 0.6) is 0 Å². The molecule has 0 radical (unpaired) electrons. The summed E-state index contributed by atoms with van der Waals surface area (Å²) >= 11 is 15.0. The summed E-state index contributed by atoms with van der Waals surface area (Å²) in [5.74, 6) is 0. The molecule has 1 aliphatic heterocycles. The molecule has 126 valence electrons. The second-order valence-electron chi connectivity index (χ2n) is 5.30. The SMILES string of the molecule is FC(F)(F)C1(c2cc(Cl)cc(Cl)c2)CC(c2cccc(Br)c2)=NO1.